The fourth-order valence-electron chi connectivity index (χ4n) is 12.0. The van der Waals surface area contributed by atoms with Gasteiger partial charge in [-0.1, -0.05) is 118 Å². The Morgan fingerprint density at radius 1 is 0.411 bits per heavy atom. The summed E-state index contributed by atoms with van der Waals surface area (Å²) in [6.45, 7) is 19.5. The van der Waals surface area contributed by atoms with E-state index in [1.54, 1.807) is 62.2 Å². The second-order valence-corrected chi connectivity index (χ2v) is 29.3. The van der Waals surface area contributed by atoms with Crippen LogP contribution in [-0.2, 0) is 32.3 Å². The van der Waals surface area contributed by atoms with Gasteiger partial charge >= 0.3 is 0 Å². The van der Waals surface area contributed by atoms with Crippen LogP contribution >= 0.6 is 47.2 Å². The molecule has 682 valence electrons. The van der Waals surface area contributed by atoms with Gasteiger partial charge in [-0.25, -0.2) is 65.0 Å². The number of halogens is 12. The third-order valence-electron chi connectivity index (χ3n) is 18.6. The van der Waals surface area contributed by atoms with Crippen molar-refractivity contribution in [2.45, 2.75) is 242 Å². The van der Waals surface area contributed by atoms with Crippen molar-refractivity contribution in [3.8, 4) is 23.0 Å². The molecular weight excluding hydrogens is 1700 g/mol. The molecule has 0 saturated carbocycles. The molecule has 0 aliphatic carbocycles. The first-order chi connectivity index (χ1) is 58.2. The maximum Gasteiger partial charge on any atom is 0.225 e. The molecule has 0 aliphatic heterocycles. The van der Waals surface area contributed by atoms with Gasteiger partial charge in [0.15, 0.2) is 46.5 Å². The summed E-state index contributed by atoms with van der Waals surface area (Å²) >= 11 is 17.1. The van der Waals surface area contributed by atoms with Crippen molar-refractivity contribution >= 4 is 143 Å². The van der Waals surface area contributed by atoms with Crippen molar-refractivity contribution in [3.05, 3.63) is 158 Å². The maximum atomic E-state index is 14.1. The predicted molar refractivity (Wildman–Crippen MR) is 485 cm³/mol. The molecule has 10 rings (SSSR count). The molecule has 4 aromatic heterocycles. The van der Waals surface area contributed by atoms with Crippen LogP contribution < -0.4 is 57.4 Å². The maximum absolute atomic E-state index is 14.1. The molecule has 4 heterocycles. The van der Waals surface area contributed by atoms with Crippen LogP contribution in [0.15, 0.2) is 84.9 Å². The number of carbonyl (C=O) groups is 4. The van der Waals surface area contributed by atoms with Crippen molar-refractivity contribution in [1.29, 1.82) is 0 Å². The number of ketones is 4. The number of methoxy groups -OCH3 is 4. The average Bonchev–Trinajstić information content (AvgIpc) is 0.802. The number of nitrogens with one attached hydrogen (secondary N) is 4. The number of Topliss-reactive ketones (excluding diaryl/α,β-unsaturated/α-hetero) is 4. The number of unbranched alkanes of at least 4 members (excludes halogenated alkanes) is 4. The van der Waals surface area contributed by atoms with E-state index in [2.05, 4.69) is 88.8 Å². The van der Waals surface area contributed by atoms with Crippen molar-refractivity contribution in [2.24, 2.45) is 11.5 Å². The van der Waals surface area contributed by atoms with Gasteiger partial charge in [0.25, 0.3) is 0 Å². The summed E-state index contributed by atoms with van der Waals surface area (Å²) in [6, 6.07) is 19.4. The minimum atomic E-state index is -0.997. The summed E-state index contributed by atoms with van der Waals surface area (Å²) in [6.07, 6.45) is 16.6. The topological polar surface area (TPSA) is 334 Å². The van der Waals surface area contributed by atoms with Crippen LogP contribution in [-0.4, -0.2) is 116 Å². The number of hydrogen-bond acceptors (Lipinski definition) is 23. The lowest BCUT2D eigenvalue weighted by Gasteiger charge is -2.20. The van der Waals surface area contributed by atoms with Crippen LogP contribution in [0.25, 0.3) is 43.6 Å². The summed E-state index contributed by atoms with van der Waals surface area (Å²) in [5.74, 6) is -3.07. The Labute approximate surface area is 742 Å². The summed E-state index contributed by atoms with van der Waals surface area (Å²) in [7, 11) is 6.39. The van der Waals surface area contributed by atoms with Gasteiger partial charge < -0.3 is 76.6 Å². The van der Waals surface area contributed by atoms with Gasteiger partial charge in [0, 0.05) is 132 Å². The fourth-order valence-corrected chi connectivity index (χ4v) is 12.6. The van der Waals surface area contributed by atoms with E-state index in [4.69, 9.17) is 71.0 Å². The Morgan fingerprint density at radius 3 is 1.13 bits per heavy atom. The molecule has 0 fully saturated rings. The van der Waals surface area contributed by atoms with Gasteiger partial charge in [0.05, 0.1) is 50.5 Å². The Bertz CT molecular complexity index is 4900. The number of nitrogens with zero attached hydrogens (tertiary/aromatic N) is 8. The van der Waals surface area contributed by atoms with Gasteiger partial charge in [-0.3, -0.25) is 0 Å². The molecule has 35 heteroatoms. The Morgan fingerprint density at radius 2 is 0.742 bits per heavy atom. The number of aromatic nitrogens is 8. The van der Waals surface area contributed by atoms with E-state index in [1.807, 2.05) is 44.2 Å². The first-order valence-electron chi connectivity index (χ1n) is 40.5. The Hall–Kier alpha value is -9.92. The van der Waals surface area contributed by atoms with Crippen molar-refractivity contribution in [2.75, 3.05) is 55.4 Å². The molecule has 0 radical (unpaired) electrons. The zero-order valence-electron chi connectivity index (χ0n) is 72.1. The molecule has 4 atom stereocenters. The number of carbonyl (C=O) groups excluding carboxylic acids is 4. The lowest BCUT2D eigenvalue weighted by atomic mass is 10.0. The zero-order valence-corrected chi connectivity index (χ0v) is 75.2. The van der Waals surface area contributed by atoms with E-state index in [9.17, 15) is 54.3 Å². The van der Waals surface area contributed by atoms with Crippen LogP contribution in [0.5, 0.6) is 23.0 Å². The van der Waals surface area contributed by atoms with Crippen molar-refractivity contribution in [3.63, 3.8) is 0 Å². The second-order valence-electron chi connectivity index (χ2n) is 28.3. The predicted octanol–water partition coefficient (Wildman–Crippen LogP) is 22.9. The molecule has 0 spiro atoms. The number of hydrogen-bond donors (Lipinski definition) is 7. The van der Waals surface area contributed by atoms with E-state index >= 15 is 0 Å². The molecule has 6 aromatic carbocycles. The number of nitrogens with two attached hydrogens (primary N) is 3. The van der Waals surface area contributed by atoms with E-state index in [0.29, 0.717) is 103 Å². The SMILES string of the molecule is C.CC.CCCC[C@@H](N)CCC(C)=O.CCCC[C@H](CCC(C)=O)Nc1nc(Cl)nc2cc(F)c(F)cc12.CCCC[C@H](CCC(C)=O)Nc1nc(N)nc2cc(F)c(F)cc12.CCCC[C@H](CCC(C)=O)Nc1nc(NCc2ccc(OC)cc2OC)nc2cc(F)c(F)cc12.COc1ccc(CN)c(OC)c1.Cl.Fc1cc2nc(Cl)nc(Cl)c2cc1F. The largest absolute Gasteiger partial charge is 0.497 e. The number of benzene rings is 6. The van der Waals surface area contributed by atoms with E-state index in [1.165, 1.54) is 12.8 Å². The van der Waals surface area contributed by atoms with Crippen molar-refractivity contribution in [1.82, 2.24) is 39.9 Å². The molecule has 0 aliphatic rings. The number of anilines is 5. The summed E-state index contributed by atoms with van der Waals surface area (Å²) in [4.78, 5) is 77.1. The molecule has 0 bridgehead atoms. The van der Waals surface area contributed by atoms with Gasteiger partial charge in [0.1, 0.15) is 68.7 Å². The van der Waals surface area contributed by atoms with E-state index in [0.717, 1.165) is 142 Å². The molecule has 0 amide bonds. The highest BCUT2D eigenvalue weighted by Crippen LogP contribution is 2.33. The van der Waals surface area contributed by atoms with Crippen molar-refractivity contribution < 1.29 is 73.2 Å². The summed E-state index contributed by atoms with van der Waals surface area (Å²) in [5, 5.41) is 14.2. The van der Waals surface area contributed by atoms with Crippen LogP contribution in [0, 0.1) is 46.5 Å². The second kappa shape index (κ2) is 58.3. The van der Waals surface area contributed by atoms with E-state index in [-0.39, 0.29) is 122 Å². The molecule has 0 unspecified atom stereocenters. The lowest BCUT2D eigenvalue weighted by Crippen LogP contribution is -2.22. The fraction of sp³-hybridized carbons (Fsp3) is 0.461. The average molecular weight is 1820 g/mol. The molecule has 0 saturated heterocycles. The Balaban J connectivity index is 0.000000523. The smallest absolute Gasteiger partial charge is 0.225 e. The monoisotopic (exact) mass is 1820 g/mol. The van der Waals surface area contributed by atoms with Crippen LogP contribution in [0.4, 0.5) is 64.5 Å². The summed E-state index contributed by atoms with van der Waals surface area (Å²) in [5.41, 5.74) is 19.7. The van der Waals surface area contributed by atoms with Crippen LogP contribution in [0.3, 0.4) is 0 Å². The van der Waals surface area contributed by atoms with Crippen LogP contribution in [0.2, 0.25) is 15.7 Å². The molecular formula is C89H119Cl4F8N15O8. The normalized spacial score (nSPS) is 11.5. The zero-order chi connectivity index (χ0) is 90.7. The third-order valence-corrected chi connectivity index (χ3v) is 19.2. The van der Waals surface area contributed by atoms with E-state index < -0.39 is 46.5 Å². The first kappa shape index (κ1) is 110. The molecule has 10 N–H and O–H groups in total. The van der Waals surface area contributed by atoms with Gasteiger partial charge in [-0.2, -0.15) is 9.97 Å². The highest BCUT2D eigenvalue weighted by atomic mass is 35.5. The Kier molecular flexibility index (Phi) is 51.8. The first-order valence-corrected chi connectivity index (χ1v) is 41.6. The lowest BCUT2D eigenvalue weighted by molar-refractivity contribution is -0.118. The minimum absolute atomic E-state index is 0. The number of ether oxygens (including phenoxy) is 4. The quantitative estimate of drug-likeness (QED) is 0.0107. The highest BCUT2D eigenvalue weighted by Gasteiger charge is 2.22. The number of fused-ring (bicyclic) bond motifs is 4. The molecule has 124 heavy (non-hydrogen) atoms. The van der Waals surface area contributed by atoms with Gasteiger partial charge in [-0.05, 0) is 145 Å². The molecule has 10 aromatic rings. The third kappa shape index (κ3) is 37.9. The number of rotatable bonds is 38. The minimum Gasteiger partial charge on any atom is -0.497 e. The summed E-state index contributed by atoms with van der Waals surface area (Å²) < 4.78 is 129. The van der Waals surface area contributed by atoms with Crippen LogP contribution in [0.1, 0.15) is 216 Å². The highest BCUT2D eigenvalue weighted by molar-refractivity contribution is 6.35. The molecule has 23 nitrogen and oxygen atoms in total. The van der Waals surface area contributed by atoms with Gasteiger partial charge in [0.2, 0.25) is 22.5 Å². The number of nitrogen functional groups attached to an aromatic ring is 1. The standard InChI is InChI=1S/C26H32F2N4O3.C17H20ClF2N3O.C17H22F2N4O.C9H13NO2.C9H19NO.C8H2Cl2F2N2.C2H6.CH4.ClH/c1-5-6-7-18(10-8-16(2)33)30-25-20-13-21(27)22(28)14-23(20)31-26(32-25)29-15-17-9-11-19(34-3)12-24(17)35-4;1-3-4-5-11(7-6-10(2)24)21-16-12-8-13(19)14(20)9-15(12)22-17(18)23-16;1-3-4-5-11(7-6-10(2)24)21-16-12-8-13(18)14(19)9-15(12)22-17(20)23-16;1-11-8-4-3-7(6-10)9(5-8)12-2;1-3-4-5-9(10)7-6-8(2)11;9-7-3-1-4(11)5(12)2-6(3)13-8(10)14-7;1-2;;/h9,11-14,18H,5-8,10,15H2,1-4H3,(H2,29,30,31,32);8-9,11H,3-7H2,1-2H3,(H,21,22,23);8-9,11H,3-7H2,1-2H3,(H3,20,21,22,23);3-5H,6,10H2,1-2H3;9H,3-7,10H2,1-2H3;1-2H;1-2H3;1H4;1H/t18-;2*11-;;9-;;;;/m111.1..../s1. The van der Waals surface area contributed by atoms with Gasteiger partial charge in [-0.15, -0.1) is 12.4 Å².